The van der Waals surface area contributed by atoms with Crippen molar-refractivity contribution in [3.8, 4) is 0 Å². The summed E-state index contributed by atoms with van der Waals surface area (Å²) in [5, 5.41) is 9.48. The maximum atomic E-state index is 14.5. The van der Waals surface area contributed by atoms with Crippen molar-refractivity contribution < 1.29 is 31.6 Å². The number of sulfone groups is 1. The highest BCUT2D eigenvalue weighted by molar-refractivity contribution is 7.91. The van der Waals surface area contributed by atoms with Gasteiger partial charge in [-0.1, -0.05) is 12.1 Å². The molecule has 2 aromatic heterocycles. The van der Waals surface area contributed by atoms with Crippen LogP contribution in [0, 0.1) is 29.4 Å². The monoisotopic (exact) mass is 587 g/mol. The predicted molar refractivity (Wildman–Crippen MR) is 145 cm³/mol. The molecule has 10 nitrogen and oxygen atoms in total. The highest BCUT2D eigenvalue weighted by atomic mass is 32.2. The molecule has 218 valence electrons. The number of carbonyl (C=O) groups is 3. The van der Waals surface area contributed by atoms with E-state index in [1.165, 1.54) is 18.2 Å². The topological polar surface area (TPSA) is 140 Å². The van der Waals surface area contributed by atoms with E-state index in [0.717, 1.165) is 17.0 Å². The van der Waals surface area contributed by atoms with Gasteiger partial charge in [-0.15, -0.1) is 0 Å². The summed E-state index contributed by atoms with van der Waals surface area (Å²) in [7, 11) is -3.41. The number of aromatic nitrogens is 3. The molecule has 2 heterocycles. The molecule has 3 saturated carbocycles. The number of ketones is 1. The van der Waals surface area contributed by atoms with Crippen molar-refractivity contribution in [1.82, 2.24) is 25.2 Å². The van der Waals surface area contributed by atoms with Gasteiger partial charge in [0.05, 0.1) is 6.20 Å². The van der Waals surface area contributed by atoms with Crippen LogP contribution in [0.5, 0.6) is 0 Å². The van der Waals surface area contributed by atoms with Crippen LogP contribution >= 0.6 is 0 Å². The fourth-order valence-corrected chi connectivity index (χ4v) is 6.78. The van der Waals surface area contributed by atoms with E-state index in [-0.39, 0.29) is 40.6 Å². The van der Waals surface area contributed by atoms with Gasteiger partial charge in [0.2, 0.25) is 0 Å². The summed E-state index contributed by atoms with van der Waals surface area (Å²) in [6.07, 6.45) is 5.69. The Bertz CT molecular complexity index is 1640. The van der Waals surface area contributed by atoms with Crippen LogP contribution in [0.25, 0.3) is 5.65 Å². The predicted octanol–water partition coefficient (Wildman–Crippen LogP) is 2.93. The Hall–Kier alpha value is -3.74. The van der Waals surface area contributed by atoms with E-state index in [2.05, 4.69) is 20.7 Å². The third kappa shape index (κ3) is 5.85. The van der Waals surface area contributed by atoms with Crippen LogP contribution in [0.4, 0.5) is 8.78 Å². The maximum Gasteiger partial charge on any atom is 0.270 e. The Labute approximate surface area is 235 Å². The minimum atomic E-state index is -3.41. The van der Waals surface area contributed by atoms with Crippen LogP contribution in [0.15, 0.2) is 30.5 Å². The minimum absolute atomic E-state index is 0.0672. The average molecular weight is 588 g/mol. The summed E-state index contributed by atoms with van der Waals surface area (Å²) in [5.74, 6) is -3.03. The molecule has 2 N–H and O–H groups in total. The highest BCUT2D eigenvalue weighted by Gasteiger charge is 2.52. The fourth-order valence-electron chi connectivity index (χ4n) is 6.00. The minimum Gasteiger partial charge on any atom is -0.350 e. The van der Waals surface area contributed by atoms with Crippen LogP contribution in [-0.4, -0.2) is 59.2 Å². The van der Waals surface area contributed by atoms with E-state index >= 15 is 0 Å². The summed E-state index contributed by atoms with van der Waals surface area (Å²) in [6.45, 7) is 1.99. The number of nitrogens with zero attached hydrogens (tertiary/aromatic N) is 3. The van der Waals surface area contributed by atoms with E-state index in [1.54, 1.807) is 13.0 Å². The molecule has 1 aromatic carbocycles. The molecule has 0 saturated heterocycles. The first-order chi connectivity index (χ1) is 19.3. The Morgan fingerprint density at radius 1 is 0.976 bits per heavy atom. The van der Waals surface area contributed by atoms with Gasteiger partial charge in [-0.3, -0.25) is 14.4 Å². The molecular weight excluding hydrogens is 556 g/mol. The second-order valence-electron chi connectivity index (χ2n) is 11.5. The van der Waals surface area contributed by atoms with E-state index in [0.29, 0.717) is 56.2 Å². The number of nitrogens with one attached hydrogen (secondary N) is 2. The highest BCUT2D eigenvalue weighted by Crippen LogP contribution is 2.57. The van der Waals surface area contributed by atoms with Crippen molar-refractivity contribution in [2.45, 2.75) is 52.0 Å². The molecule has 3 aliphatic carbocycles. The molecule has 3 aliphatic rings. The van der Waals surface area contributed by atoms with Crippen molar-refractivity contribution >= 4 is 33.1 Å². The molecule has 41 heavy (non-hydrogen) atoms. The van der Waals surface area contributed by atoms with E-state index in [4.69, 9.17) is 0 Å². The fraction of sp³-hybridized carbons (Fsp3) is 0.464. The molecule has 2 bridgehead atoms. The zero-order chi connectivity index (χ0) is 29.6. The van der Waals surface area contributed by atoms with E-state index < -0.39 is 38.6 Å². The molecule has 6 rings (SSSR count). The molecule has 0 aliphatic heterocycles. The lowest BCUT2D eigenvalue weighted by Gasteiger charge is -2.52. The first kappa shape index (κ1) is 28.8. The summed E-state index contributed by atoms with van der Waals surface area (Å²) in [4.78, 5) is 43.1. The van der Waals surface area contributed by atoms with Gasteiger partial charge in [-0.05, 0) is 68.1 Å². The Kier molecular flexibility index (Phi) is 7.43. The number of carbonyl (C=O) groups excluding carboxylic acids is 3. The first-order valence-corrected chi connectivity index (χ1v) is 15.4. The van der Waals surface area contributed by atoms with Gasteiger partial charge in [0.15, 0.2) is 27.1 Å². The molecule has 2 amide bonds. The lowest BCUT2D eigenvalue weighted by molar-refractivity contribution is -0.135. The molecule has 0 unspecified atom stereocenters. The lowest BCUT2D eigenvalue weighted by Crippen LogP contribution is -2.51. The molecule has 3 fully saturated rings. The van der Waals surface area contributed by atoms with Crippen molar-refractivity contribution in [2.75, 3.05) is 18.6 Å². The van der Waals surface area contributed by atoms with Gasteiger partial charge in [-0.2, -0.15) is 5.10 Å². The zero-order valence-electron chi connectivity index (χ0n) is 22.8. The number of hydrogen-bond acceptors (Lipinski definition) is 7. The van der Waals surface area contributed by atoms with Crippen molar-refractivity contribution in [3.63, 3.8) is 0 Å². The third-order valence-electron chi connectivity index (χ3n) is 8.58. The van der Waals surface area contributed by atoms with Crippen LogP contribution in [0.1, 0.15) is 70.6 Å². The van der Waals surface area contributed by atoms with Crippen LogP contribution in [-0.2, 0) is 21.2 Å². The van der Waals surface area contributed by atoms with E-state index in [9.17, 15) is 31.6 Å². The second kappa shape index (κ2) is 10.6. The maximum absolute atomic E-state index is 14.5. The number of rotatable bonds is 9. The van der Waals surface area contributed by atoms with Crippen molar-refractivity contribution in [1.29, 1.82) is 0 Å². The number of hydrogen-bond donors (Lipinski definition) is 2. The number of aryl methyl sites for hydroxylation is 1. The van der Waals surface area contributed by atoms with E-state index in [1.807, 2.05) is 0 Å². The number of fused-ring (bicyclic) bond motifs is 4. The van der Waals surface area contributed by atoms with Gasteiger partial charge in [0.1, 0.15) is 23.0 Å². The van der Waals surface area contributed by atoms with Gasteiger partial charge in [0.25, 0.3) is 11.8 Å². The molecule has 0 radical (unpaired) electrons. The Balaban J connectivity index is 1.28. The average Bonchev–Trinajstić information content (AvgIpc) is 3.32. The third-order valence-corrected chi connectivity index (χ3v) is 9.37. The number of amides is 2. The first-order valence-electron chi connectivity index (χ1n) is 13.4. The van der Waals surface area contributed by atoms with Crippen LogP contribution < -0.4 is 10.6 Å². The van der Waals surface area contributed by atoms with Gasteiger partial charge in [0, 0.05) is 30.8 Å². The number of halogens is 2. The number of benzene rings is 1. The summed E-state index contributed by atoms with van der Waals surface area (Å²) < 4.78 is 52.4. The van der Waals surface area contributed by atoms with Gasteiger partial charge in [-0.25, -0.2) is 26.7 Å². The van der Waals surface area contributed by atoms with Gasteiger partial charge < -0.3 is 10.6 Å². The molecule has 13 heteroatoms. The Morgan fingerprint density at radius 3 is 2.29 bits per heavy atom. The summed E-state index contributed by atoms with van der Waals surface area (Å²) >= 11 is 0. The standard InChI is InChI=1S/C28H31F2N5O5S/c1-17-11-18(3-4-19(17)29)13-31-25(37)21-12-22(35-24(34-21)20(30)14-33-35)26(38)32-16-27-5-8-28(9-6-27,10-7-27)23(36)15-41(2,39)40/h3-4,11-12,14H,5-10,13,15-16H2,1-2H3,(H,31,37)(H,32,38). The number of Topliss-reactive ketones (excluding diaryl/α,β-unsaturated/α-hetero) is 1. The molecular formula is C28H31F2N5O5S. The van der Waals surface area contributed by atoms with Crippen LogP contribution in [0.3, 0.4) is 0 Å². The quantitative estimate of drug-likeness (QED) is 0.392. The SMILES string of the molecule is Cc1cc(CNC(=O)c2cc(C(=O)NCC34CCC(C(=O)CS(C)(=O)=O)(CC3)CC4)n3ncc(F)c3n2)ccc1F. The zero-order valence-corrected chi connectivity index (χ0v) is 23.6. The smallest absolute Gasteiger partial charge is 0.270 e. The summed E-state index contributed by atoms with van der Waals surface area (Å²) in [6, 6.07) is 5.69. The van der Waals surface area contributed by atoms with Crippen LogP contribution in [0.2, 0.25) is 0 Å². The molecule has 3 aromatic rings. The molecule has 0 atom stereocenters. The molecule has 0 spiro atoms. The Morgan fingerprint density at radius 2 is 1.66 bits per heavy atom. The second-order valence-corrected chi connectivity index (χ2v) is 13.6. The van der Waals surface area contributed by atoms with Gasteiger partial charge >= 0.3 is 0 Å². The normalized spacial score (nSPS) is 22.0. The largest absolute Gasteiger partial charge is 0.350 e. The van der Waals surface area contributed by atoms with Crippen molar-refractivity contribution in [3.05, 3.63) is 64.6 Å². The summed E-state index contributed by atoms with van der Waals surface area (Å²) in [5.41, 5.74) is -0.286. The van der Waals surface area contributed by atoms with Crippen molar-refractivity contribution in [2.24, 2.45) is 10.8 Å². The lowest BCUT2D eigenvalue weighted by atomic mass is 9.52.